The summed E-state index contributed by atoms with van der Waals surface area (Å²) in [6.45, 7) is 3.17. The van der Waals surface area contributed by atoms with Crippen LogP contribution in [0.3, 0.4) is 0 Å². The molecule has 1 heterocycles. The number of rotatable bonds is 15. The van der Waals surface area contributed by atoms with E-state index in [-0.39, 0.29) is 24.6 Å². The quantitative estimate of drug-likeness (QED) is 0.109. The first-order chi connectivity index (χ1) is 20.0. The molecule has 1 saturated carbocycles. The number of benzene rings is 2. The first-order valence-corrected chi connectivity index (χ1v) is 16.9. The van der Waals surface area contributed by atoms with Gasteiger partial charge < -0.3 is 29.5 Å². The van der Waals surface area contributed by atoms with E-state index in [4.69, 9.17) is 24.6 Å². The van der Waals surface area contributed by atoms with Gasteiger partial charge in [-0.25, -0.2) is 15.0 Å². The van der Waals surface area contributed by atoms with Gasteiger partial charge in [-0.3, -0.25) is 9.59 Å². The van der Waals surface area contributed by atoms with Gasteiger partial charge in [-0.15, -0.1) is 0 Å². The standard InChI is InChI=1S/C31H39N5O5S/c1-20(31(38)39-2)29(33)30(37)23-8-6-7-9-24(23)34-17-28-35-25-14-22(16-32)27(41-18-21-10-11-21)15-26(25)36(28)19-40-12-13-42(3,4)5/h6-9,14-15,20-21,33-34H,10-13,17-19H2,1-5H3. The Morgan fingerprint density at radius 2 is 1.98 bits per heavy atom. The molecule has 0 bridgehead atoms. The maximum atomic E-state index is 13.2. The Hall–Kier alpha value is -3.88. The van der Waals surface area contributed by atoms with E-state index in [1.165, 1.54) is 14.0 Å². The van der Waals surface area contributed by atoms with Gasteiger partial charge in [-0.2, -0.15) is 5.26 Å². The highest BCUT2D eigenvalue weighted by Crippen LogP contribution is 2.34. The molecule has 1 aliphatic rings. The van der Waals surface area contributed by atoms with Crippen molar-refractivity contribution in [2.75, 3.05) is 50.2 Å². The number of hydrogen-bond acceptors (Lipinski definition) is 9. The topological polar surface area (TPSA) is 139 Å². The van der Waals surface area contributed by atoms with E-state index >= 15 is 0 Å². The number of carbonyl (C=O) groups is 2. The minimum absolute atomic E-state index is 0.243. The minimum Gasteiger partial charge on any atom is -0.492 e. The molecule has 0 radical (unpaired) electrons. The van der Waals surface area contributed by atoms with E-state index in [9.17, 15) is 14.9 Å². The second-order valence-corrected chi connectivity index (χ2v) is 16.0. The third-order valence-corrected chi connectivity index (χ3v) is 8.51. The zero-order valence-electron chi connectivity index (χ0n) is 24.9. The highest BCUT2D eigenvalue weighted by Gasteiger charge is 2.27. The SMILES string of the molecule is COC(=O)C(C)C(=N)C(=O)c1ccccc1NCc1nc2cc(C#N)c(OCC3CC3)cc2n1COCCS(C)(C)C. The van der Waals surface area contributed by atoms with Gasteiger partial charge in [0.05, 0.1) is 55.1 Å². The molecule has 11 heteroatoms. The third kappa shape index (κ3) is 7.69. The number of ketones is 1. The molecule has 224 valence electrons. The molecular weight excluding hydrogens is 554 g/mol. The molecule has 1 aromatic heterocycles. The number of carbonyl (C=O) groups excluding carboxylic acids is 2. The summed E-state index contributed by atoms with van der Waals surface area (Å²) in [6.07, 6.45) is 9.03. The van der Waals surface area contributed by atoms with Crippen molar-refractivity contribution in [1.82, 2.24) is 9.55 Å². The van der Waals surface area contributed by atoms with Crippen molar-refractivity contribution in [2.24, 2.45) is 11.8 Å². The number of aromatic nitrogens is 2. The second kappa shape index (κ2) is 13.4. The summed E-state index contributed by atoms with van der Waals surface area (Å²) in [4.78, 5) is 29.9. The first kappa shape index (κ1) is 31.1. The number of nitrogens with one attached hydrogen (secondary N) is 2. The molecule has 0 aliphatic heterocycles. The van der Waals surface area contributed by atoms with Gasteiger partial charge in [-0.1, -0.05) is 12.1 Å². The molecule has 1 fully saturated rings. The predicted octanol–water partition coefficient (Wildman–Crippen LogP) is 4.99. The average molecular weight is 594 g/mol. The molecule has 2 aromatic carbocycles. The van der Waals surface area contributed by atoms with Crippen molar-refractivity contribution in [3.8, 4) is 11.8 Å². The molecule has 4 rings (SSSR count). The number of ether oxygens (including phenoxy) is 3. The van der Waals surface area contributed by atoms with Crippen molar-refractivity contribution in [3.63, 3.8) is 0 Å². The minimum atomic E-state index is -0.988. The van der Waals surface area contributed by atoms with E-state index in [0.717, 1.165) is 24.1 Å². The van der Waals surface area contributed by atoms with Gasteiger partial charge in [0, 0.05) is 23.1 Å². The molecule has 42 heavy (non-hydrogen) atoms. The van der Waals surface area contributed by atoms with Crippen LogP contribution in [0.1, 0.15) is 41.5 Å². The molecule has 3 aromatic rings. The van der Waals surface area contributed by atoms with Crippen LogP contribution in [-0.2, 0) is 27.5 Å². The van der Waals surface area contributed by atoms with Crippen LogP contribution in [0, 0.1) is 28.6 Å². The fourth-order valence-corrected chi connectivity index (χ4v) is 4.91. The molecule has 0 saturated heterocycles. The van der Waals surface area contributed by atoms with Crippen molar-refractivity contribution in [2.45, 2.75) is 33.0 Å². The number of nitriles is 1. The average Bonchev–Trinajstić information content (AvgIpc) is 3.75. The number of para-hydroxylation sites is 1. The lowest BCUT2D eigenvalue weighted by Crippen LogP contribution is -2.28. The lowest BCUT2D eigenvalue weighted by atomic mass is 9.96. The number of methoxy groups -OCH3 is 1. The fraction of sp³-hybridized carbons (Fsp3) is 0.452. The fourth-order valence-electron chi connectivity index (χ4n) is 4.29. The van der Waals surface area contributed by atoms with Crippen molar-refractivity contribution in [3.05, 3.63) is 53.3 Å². The smallest absolute Gasteiger partial charge is 0.314 e. The van der Waals surface area contributed by atoms with Crippen molar-refractivity contribution < 1.29 is 23.8 Å². The first-order valence-electron chi connectivity index (χ1n) is 13.9. The van der Waals surface area contributed by atoms with Crippen LogP contribution < -0.4 is 10.1 Å². The Bertz CT molecular complexity index is 1520. The van der Waals surface area contributed by atoms with Gasteiger partial charge in [-0.05, 0) is 62.6 Å². The van der Waals surface area contributed by atoms with E-state index in [1.807, 2.05) is 10.6 Å². The summed E-state index contributed by atoms with van der Waals surface area (Å²) in [6, 6.07) is 12.7. The van der Waals surface area contributed by atoms with Crippen LogP contribution in [0.4, 0.5) is 5.69 Å². The third-order valence-electron chi connectivity index (χ3n) is 7.12. The molecule has 1 atom stereocenters. The Morgan fingerprint density at radius 3 is 2.64 bits per heavy atom. The van der Waals surface area contributed by atoms with Crippen molar-refractivity contribution >= 4 is 44.2 Å². The van der Waals surface area contributed by atoms with Crippen LogP contribution in [0.5, 0.6) is 5.75 Å². The Morgan fingerprint density at radius 1 is 1.24 bits per heavy atom. The molecule has 0 amide bonds. The van der Waals surface area contributed by atoms with Crippen molar-refractivity contribution in [1.29, 1.82) is 10.7 Å². The summed E-state index contributed by atoms with van der Waals surface area (Å²) in [5, 5.41) is 21.4. The molecule has 0 spiro atoms. The van der Waals surface area contributed by atoms with E-state index < -0.39 is 27.7 Å². The van der Waals surface area contributed by atoms with E-state index in [2.05, 4.69) is 30.2 Å². The van der Waals surface area contributed by atoms with Gasteiger partial charge >= 0.3 is 5.97 Å². The number of Topliss-reactive ketones (excluding diaryl/α,β-unsaturated/α-hetero) is 1. The highest BCUT2D eigenvalue weighted by molar-refractivity contribution is 8.32. The normalized spacial score (nSPS) is 14.2. The predicted molar refractivity (Wildman–Crippen MR) is 166 cm³/mol. The maximum absolute atomic E-state index is 13.2. The van der Waals surface area contributed by atoms with Crippen LogP contribution in [-0.4, -0.2) is 71.9 Å². The molecule has 1 aliphatic carbocycles. The number of nitrogens with zero attached hydrogens (tertiary/aromatic N) is 3. The van der Waals surface area contributed by atoms with Gasteiger partial charge in [0.15, 0.2) is 0 Å². The Labute approximate surface area is 248 Å². The van der Waals surface area contributed by atoms with Crippen LogP contribution >= 0.6 is 10.0 Å². The molecular formula is C31H39N5O5S. The van der Waals surface area contributed by atoms with Gasteiger partial charge in [0.2, 0.25) is 5.78 Å². The Balaban J connectivity index is 1.62. The summed E-state index contributed by atoms with van der Waals surface area (Å²) in [5.41, 5.74) is 2.29. The monoisotopic (exact) mass is 593 g/mol. The number of esters is 1. The van der Waals surface area contributed by atoms with Gasteiger partial charge in [0.1, 0.15) is 24.4 Å². The lowest BCUT2D eigenvalue weighted by Gasteiger charge is -2.24. The summed E-state index contributed by atoms with van der Waals surface area (Å²) < 4.78 is 18.8. The van der Waals surface area contributed by atoms with Crippen LogP contribution in [0.15, 0.2) is 36.4 Å². The number of hydrogen-bond donors (Lipinski definition) is 2. The van der Waals surface area contributed by atoms with E-state index in [1.54, 1.807) is 30.3 Å². The van der Waals surface area contributed by atoms with Gasteiger partial charge in [0.25, 0.3) is 0 Å². The van der Waals surface area contributed by atoms with Crippen LogP contribution in [0.2, 0.25) is 0 Å². The zero-order chi connectivity index (χ0) is 30.4. The number of anilines is 1. The van der Waals surface area contributed by atoms with Crippen LogP contribution in [0.25, 0.3) is 11.0 Å². The highest BCUT2D eigenvalue weighted by atomic mass is 32.3. The molecule has 10 nitrogen and oxygen atoms in total. The lowest BCUT2D eigenvalue weighted by molar-refractivity contribution is -0.142. The summed E-state index contributed by atoms with van der Waals surface area (Å²) >= 11 is 0. The maximum Gasteiger partial charge on any atom is 0.314 e. The zero-order valence-corrected chi connectivity index (χ0v) is 25.7. The summed E-state index contributed by atoms with van der Waals surface area (Å²) in [7, 11) is 0.511. The summed E-state index contributed by atoms with van der Waals surface area (Å²) in [5.74, 6) is 0.499. The second-order valence-electron chi connectivity index (χ2n) is 11.4. The largest absolute Gasteiger partial charge is 0.492 e. The number of fused-ring (bicyclic) bond motifs is 1. The Kier molecular flexibility index (Phi) is 9.91. The van der Waals surface area contributed by atoms with E-state index in [0.29, 0.717) is 47.5 Å². The number of imidazole rings is 1. The molecule has 2 N–H and O–H groups in total. The molecule has 1 unspecified atom stereocenters.